The highest BCUT2D eigenvalue weighted by Gasteiger charge is 2.25. The van der Waals surface area contributed by atoms with Crippen LogP contribution >= 0.6 is 11.6 Å². The van der Waals surface area contributed by atoms with Gasteiger partial charge < -0.3 is 25.0 Å². The zero-order valence-corrected chi connectivity index (χ0v) is 12.2. The van der Waals surface area contributed by atoms with E-state index >= 15 is 0 Å². The van der Waals surface area contributed by atoms with Gasteiger partial charge in [0.1, 0.15) is 5.52 Å². The molecule has 10 heteroatoms. The first-order valence-corrected chi connectivity index (χ1v) is 7.02. The summed E-state index contributed by atoms with van der Waals surface area (Å²) in [5.41, 5.74) is 1.26. The number of imidazole rings is 1. The van der Waals surface area contributed by atoms with Crippen LogP contribution in [0.4, 0.5) is 10.5 Å². The van der Waals surface area contributed by atoms with Crippen LogP contribution in [0.1, 0.15) is 0 Å². The number of nitrogens with one attached hydrogen (secondary N) is 3. The maximum absolute atomic E-state index is 11.5. The van der Waals surface area contributed by atoms with Gasteiger partial charge in [-0.15, -0.1) is 0 Å². The first kappa shape index (κ1) is 14.7. The van der Waals surface area contributed by atoms with Crippen molar-refractivity contribution in [1.29, 1.82) is 0 Å². The van der Waals surface area contributed by atoms with E-state index in [0.29, 0.717) is 41.6 Å². The molecule has 1 fully saturated rings. The smallest absolute Gasteiger partial charge is 0.404 e. The molecule has 1 aliphatic heterocycles. The maximum Gasteiger partial charge on any atom is 0.404 e. The van der Waals surface area contributed by atoms with E-state index in [2.05, 4.69) is 20.3 Å². The minimum Gasteiger partial charge on any atom is -0.465 e. The van der Waals surface area contributed by atoms with Gasteiger partial charge in [-0.25, -0.2) is 14.6 Å². The normalized spacial score (nSPS) is 18.6. The van der Waals surface area contributed by atoms with Crippen LogP contribution in [0.3, 0.4) is 0 Å². The number of aromatic nitrogens is 3. The highest BCUT2D eigenvalue weighted by Crippen LogP contribution is 2.31. The van der Waals surface area contributed by atoms with E-state index in [1.807, 2.05) is 4.90 Å². The van der Waals surface area contributed by atoms with Gasteiger partial charge in [0.2, 0.25) is 0 Å². The van der Waals surface area contributed by atoms with Gasteiger partial charge in [-0.2, -0.15) is 0 Å². The molecule has 1 amide bonds. The summed E-state index contributed by atoms with van der Waals surface area (Å²) >= 11 is 6.23. The number of carbonyl (C=O) groups is 1. The van der Waals surface area contributed by atoms with Gasteiger partial charge in [-0.1, -0.05) is 11.6 Å². The number of carboxylic acid groups (broad SMARTS) is 1. The van der Waals surface area contributed by atoms with Crippen molar-refractivity contribution < 1.29 is 14.6 Å². The lowest BCUT2D eigenvalue weighted by atomic mass is 10.2. The molecule has 1 unspecified atom stereocenters. The van der Waals surface area contributed by atoms with Gasteiger partial charge in [0.25, 0.3) is 0 Å². The summed E-state index contributed by atoms with van der Waals surface area (Å²) in [5.74, 6) is 0. The summed E-state index contributed by atoms with van der Waals surface area (Å²) < 4.78 is 5.53. The molecule has 1 atom stereocenters. The van der Waals surface area contributed by atoms with Crippen molar-refractivity contribution in [3.8, 4) is 0 Å². The van der Waals surface area contributed by atoms with Gasteiger partial charge in [0.15, 0.2) is 5.65 Å². The molecule has 0 saturated carbocycles. The number of rotatable bonds is 3. The highest BCUT2D eigenvalue weighted by atomic mass is 35.5. The molecular formula is C12H14ClN5O4. The van der Waals surface area contributed by atoms with E-state index in [9.17, 15) is 9.59 Å². The zero-order valence-electron chi connectivity index (χ0n) is 11.4. The van der Waals surface area contributed by atoms with Crippen molar-refractivity contribution in [2.45, 2.75) is 6.10 Å². The molecule has 0 spiro atoms. The number of hydrogen-bond donors (Lipinski definition) is 4. The fourth-order valence-corrected chi connectivity index (χ4v) is 2.76. The number of nitrogens with zero attached hydrogens (tertiary/aromatic N) is 2. The Morgan fingerprint density at radius 1 is 1.59 bits per heavy atom. The average molecular weight is 328 g/mol. The molecule has 0 aliphatic carbocycles. The molecule has 3 rings (SSSR count). The Morgan fingerprint density at radius 2 is 2.41 bits per heavy atom. The quantitative estimate of drug-likeness (QED) is 0.646. The van der Waals surface area contributed by atoms with Crippen molar-refractivity contribution >= 4 is 34.5 Å². The van der Waals surface area contributed by atoms with Crippen LogP contribution < -0.4 is 15.9 Å². The molecule has 22 heavy (non-hydrogen) atoms. The molecule has 1 saturated heterocycles. The number of halogens is 1. The van der Waals surface area contributed by atoms with Crippen LogP contribution in [0, 0.1) is 0 Å². The standard InChI is InChI=1S/C12H14ClN5O4/c13-7-4-14-10-8(16-11(19)17-10)9(7)18-1-2-22-6(5-18)3-15-12(20)21/h4,6,15H,1-3,5H2,(H,20,21)(H2,14,16,17,19). The molecule has 9 nitrogen and oxygen atoms in total. The SMILES string of the molecule is O=C(O)NCC1CN(c2c(Cl)cnc3[nH]c(=O)[nH]c23)CCO1. The Labute approximate surface area is 129 Å². The second kappa shape index (κ2) is 5.85. The summed E-state index contributed by atoms with van der Waals surface area (Å²) in [4.78, 5) is 33.3. The van der Waals surface area contributed by atoms with Crippen molar-refractivity contribution in [2.24, 2.45) is 0 Å². The Morgan fingerprint density at radius 3 is 3.18 bits per heavy atom. The molecule has 0 bridgehead atoms. The summed E-state index contributed by atoms with van der Waals surface area (Å²) in [6.07, 6.45) is 0.0815. The van der Waals surface area contributed by atoms with E-state index in [0.717, 1.165) is 0 Å². The number of fused-ring (bicyclic) bond motifs is 1. The lowest BCUT2D eigenvalue weighted by Gasteiger charge is -2.34. The number of ether oxygens (including phenoxy) is 1. The van der Waals surface area contributed by atoms with E-state index in [1.54, 1.807) is 0 Å². The molecule has 3 heterocycles. The monoisotopic (exact) mass is 327 g/mol. The minimum absolute atomic E-state index is 0.182. The summed E-state index contributed by atoms with van der Waals surface area (Å²) in [6, 6.07) is 0. The third-order valence-corrected chi connectivity index (χ3v) is 3.69. The fourth-order valence-electron chi connectivity index (χ4n) is 2.50. The number of morpholine rings is 1. The fraction of sp³-hybridized carbons (Fsp3) is 0.417. The summed E-state index contributed by atoms with van der Waals surface area (Å²) in [7, 11) is 0. The molecule has 0 radical (unpaired) electrons. The third-order valence-electron chi connectivity index (χ3n) is 3.41. The second-order valence-electron chi connectivity index (χ2n) is 4.88. The minimum atomic E-state index is -1.10. The van der Waals surface area contributed by atoms with Crippen LogP contribution in [-0.2, 0) is 4.74 Å². The van der Waals surface area contributed by atoms with Crippen molar-refractivity contribution in [1.82, 2.24) is 20.3 Å². The number of pyridine rings is 1. The second-order valence-corrected chi connectivity index (χ2v) is 5.29. The average Bonchev–Trinajstić information content (AvgIpc) is 2.85. The van der Waals surface area contributed by atoms with E-state index in [1.165, 1.54) is 6.20 Å². The Bertz CT molecular complexity index is 758. The van der Waals surface area contributed by atoms with Gasteiger partial charge >= 0.3 is 11.8 Å². The van der Waals surface area contributed by atoms with Gasteiger partial charge in [-0.05, 0) is 0 Å². The van der Waals surface area contributed by atoms with Crippen molar-refractivity contribution in [3.05, 3.63) is 21.7 Å². The van der Waals surface area contributed by atoms with E-state index in [4.69, 9.17) is 21.4 Å². The van der Waals surface area contributed by atoms with Gasteiger partial charge in [0.05, 0.1) is 29.6 Å². The first-order valence-electron chi connectivity index (χ1n) is 6.64. The van der Waals surface area contributed by atoms with Gasteiger partial charge in [-0.3, -0.25) is 4.98 Å². The largest absolute Gasteiger partial charge is 0.465 e. The molecule has 118 valence electrons. The van der Waals surface area contributed by atoms with Crippen LogP contribution in [0.25, 0.3) is 11.2 Å². The Kier molecular flexibility index (Phi) is 3.90. The van der Waals surface area contributed by atoms with Crippen LogP contribution in [0.2, 0.25) is 5.02 Å². The summed E-state index contributed by atoms with van der Waals surface area (Å²) in [5, 5.41) is 11.4. The van der Waals surface area contributed by atoms with Crippen LogP contribution in [0.15, 0.2) is 11.0 Å². The first-order chi connectivity index (χ1) is 10.5. The number of amides is 1. The topological polar surface area (TPSA) is 123 Å². The molecular weight excluding hydrogens is 314 g/mol. The van der Waals surface area contributed by atoms with Crippen molar-refractivity contribution in [3.63, 3.8) is 0 Å². The van der Waals surface area contributed by atoms with Gasteiger partial charge in [0, 0.05) is 19.6 Å². The molecule has 4 N–H and O–H groups in total. The molecule has 2 aromatic rings. The predicted octanol–water partition coefficient (Wildman–Crippen LogP) is 0.377. The number of hydrogen-bond acceptors (Lipinski definition) is 5. The van der Waals surface area contributed by atoms with E-state index in [-0.39, 0.29) is 18.3 Å². The maximum atomic E-state index is 11.5. The number of H-pyrrole nitrogens is 2. The molecule has 1 aliphatic rings. The number of aromatic amines is 2. The lowest BCUT2D eigenvalue weighted by Crippen LogP contribution is -2.47. The molecule has 0 aromatic carbocycles. The number of anilines is 1. The lowest BCUT2D eigenvalue weighted by molar-refractivity contribution is 0.0411. The Hall–Kier alpha value is -2.26. The van der Waals surface area contributed by atoms with Crippen molar-refractivity contribution in [2.75, 3.05) is 31.1 Å². The van der Waals surface area contributed by atoms with E-state index < -0.39 is 6.09 Å². The van der Waals surface area contributed by atoms with Crippen LogP contribution in [0.5, 0.6) is 0 Å². The highest BCUT2D eigenvalue weighted by molar-refractivity contribution is 6.34. The Balaban J connectivity index is 1.88. The predicted molar refractivity (Wildman–Crippen MR) is 79.7 cm³/mol. The molecule has 2 aromatic heterocycles. The summed E-state index contributed by atoms with van der Waals surface area (Å²) in [6.45, 7) is 1.64. The zero-order chi connectivity index (χ0) is 15.7. The third kappa shape index (κ3) is 2.85. The van der Waals surface area contributed by atoms with Crippen LogP contribution in [-0.4, -0.2) is 58.5 Å².